The van der Waals surface area contributed by atoms with Crippen LogP contribution in [-0.4, -0.2) is 24.6 Å². The molecule has 0 aromatic rings. The Bertz CT molecular complexity index is 742. The number of fused-ring (bicyclic) bond motifs is 5. The van der Waals surface area contributed by atoms with Crippen LogP contribution in [0, 0.1) is 40.4 Å². The van der Waals surface area contributed by atoms with Gasteiger partial charge in [-0.1, -0.05) is 19.4 Å². The molecule has 4 fully saturated rings. The molecule has 4 nitrogen and oxygen atoms in total. The molecule has 174 valence electrons. The predicted molar refractivity (Wildman–Crippen MR) is 121 cm³/mol. The second-order valence-corrected chi connectivity index (χ2v) is 11.5. The number of esters is 2. The fraction of sp³-hybridized carbons (Fsp3) is 0.852. The topological polar surface area (TPSA) is 52.6 Å². The van der Waals surface area contributed by atoms with Crippen molar-refractivity contribution in [2.24, 2.45) is 40.4 Å². The summed E-state index contributed by atoms with van der Waals surface area (Å²) in [4.78, 5) is 23.5. The van der Waals surface area contributed by atoms with Crippen molar-refractivity contribution in [3.63, 3.8) is 0 Å². The number of carbonyl (C=O) groups is 2. The summed E-state index contributed by atoms with van der Waals surface area (Å²) in [6, 6.07) is 0. The molecule has 0 aromatic carbocycles. The molecule has 4 rings (SSSR count). The summed E-state index contributed by atoms with van der Waals surface area (Å²) >= 11 is 0. The number of ether oxygens (including phenoxy) is 2. The van der Waals surface area contributed by atoms with Gasteiger partial charge in [-0.3, -0.25) is 4.79 Å². The first kappa shape index (κ1) is 22.9. The van der Waals surface area contributed by atoms with Crippen molar-refractivity contribution in [2.45, 2.75) is 98.5 Å². The van der Waals surface area contributed by atoms with Crippen molar-refractivity contribution in [3.05, 3.63) is 11.6 Å². The predicted octanol–water partition coefficient (Wildman–Crippen LogP) is 6.09. The van der Waals surface area contributed by atoms with Crippen LogP contribution in [0.1, 0.15) is 92.4 Å². The van der Waals surface area contributed by atoms with Gasteiger partial charge >= 0.3 is 11.9 Å². The van der Waals surface area contributed by atoms with Crippen molar-refractivity contribution in [2.75, 3.05) is 6.61 Å². The Kier molecular flexibility index (Phi) is 6.31. The van der Waals surface area contributed by atoms with Crippen LogP contribution in [0.5, 0.6) is 0 Å². The Morgan fingerprint density at radius 3 is 2.35 bits per heavy atom. The Labute approximate surface area is 188 Å². The minimum absolute atomic E-state index is 0.126. The molecular weight excluding hydrogens is 388 g/mol. The number of allylic oxidation sites excluding steroid dienone is 1. The number of hydrogen-bond acceptors (Lipinski definition) is 4. The van der Waals surface area contributed by atoms with E-state index in [4.69, 9.17) is 9.47 Å². The Morgan fingerprint density at radius 1 is 0.935 bits per heavy atom. The molecule has 8 atom stereocenters. The van der Waals surface area contributed by atoms with E-state index in [1.54, 1.807) is 13.0 Å². The van der Waals surface area contributed by atoms with Gasteiger partial charge in [0, 0.05) is 13.0 Å². The van der Waals surface area contributed by atoms with Crippen molar-refractivity contribution in [1.82, 2.24) is 0 Å². The van der Waals surface area contributed by atoms with Gasteiger partial charge in [0.05, 0.1) is 6.61 Å². The molecule has 0 N–H and O–H groups in total. The highest BCUT2D eigenvalue weighted by atomic mass is 16.5. The van der Waals surface area contributed by atoms with Crippen molar-refractivity contribution >= 4 is 11.9 Å². The highest BCUT2D eigenvalue weighted by molar-refractivity contribution is 5.82. The zero-order chi connectivity index (χ0) is 22.4. The van der Waals surface area contributed by atoms with Gasteiger partial charge in [-0.05, 0) is 112 Å². The third-order valence-electron chi connectivity index (χ3n) is 10.1. The van der Waals surface area contributed by atoms with E-state index >= 15 is 0 Å². The van der Waals surface area contributed by atoms with E-state index in [2.05, 4.69) is 20.8 Å². The lowest BCUT2D eigenvalue weighted by atomic mass is 9.44. The minimum Gasteiger partial charge on any atom is -0.463 e. The van der Waals surface area contributed by atoms with Crippen molar-refractivity contribution in [1.29, 1.82) is 0 Å². The van der Waals surface area contributed by atoms with E-state index in [0.717, 1.165) is 30.6 Å². The number of hydrogen-bond donors (Lipinski definition) is 0. The zero-order valence-corrected chi connectivity index (χ0v) is 20.2. The summed E-state index contributed by atoms with van der Waals surface area (Å²) in [5, 5.41) is 0. The smallest absolute Gasteiger partial charge is 0.330 e. The van der Waals surface area contributed by atoms with E-state index in [-0.39, 0.29) is 18.0 Å². The highest BCUT2D eigenvalue weighted by Crippen LogP contribution is 2.68. The van der Waals surface area contributed by atoms with Gasteiger partial charge < -0.3 is 9.47 Å². The molecule has 0 heterocycles. The fourth-order valence-electron chi connectivity index (χ4n) is 8.78. The van der Waals surface area contributed by atoms with E-state index in [9.17, 15) is 9.59 Å². The van der Waals surface area contributed by atoms with E-state index in [1.165, 1.54) is 50.5 Å². The van der Waals surface area contributed by atoms with Gasteiger partial charge in [-0.15, -0.1) is 0 Å². The average Bonchev–Trinajstić information content (AvgIpc) is 3.05. The van der Waals surface area contributed by atoms with Gasteiger partial charge in [0.2, 0.25) is 0 Å². The van der Waals surface area contributed by atoms with Crippen LogP contribution in [0.3, 0.4) is 0 Å². The van der Waals surface area contributed by atoms with Gasteiger partial charge in [0.25, 0.3) is 0 Å². The molecule has 0 amide bonds. The first-order valence-electron chi connectivity index (χ1n) is 12.7. The monoisotopic (exact) mass is 430 g/mol. The van der Waals surface area contributed by atoms with Crippen LogP contribution in [0.15, 0.2) is 11.6 Å². The minimum atomic E-state index is -0.182. The number of carbonyl (C=O) groups excluding carboxylic acids is 2. The molecule has 4 aliphatic carbocycles. The summed E-state index contributed by atoms with van der Waals surface area (Å²) in [5.74, 6) is 3.27. The molecule has 0 aliphatic heterocycles. The summed E-state index contributed by atoms with van der Waals surface area (Å²) in [6.07, 6.45) is 12.9. The van der Waals surface area contributed by atoms with Gasteiger partial charge in [0.15, 0.2) is 0 Å². The molecule has 0 bridgehead atoms. The third kappa shape index (κ3) is 3.97. The standard InChI is InChI=1S/C27H42O4/c1-6-30-25(29)15-17(2)22-9-10-23-21-8-7-19-16-20(31-18(3)28)11-13-26(19,4)24(21)12-14-27(22,23)5/h15,19-24H,6-14,16H2,1-5H3/b17-15+/t19-,20-,21-,22+,23-,24-,26-,27+/m0/s1. The highest BCUT2D eigenvalue weighted by Gasteiger charge is 2.60. The molecule has 0 spiro atoms. The lowest BCUT2D eigenvalue weighted by Gasteiger charge is -2.61. The van der Waals surface area contributed by atoms with Crippen LogP contribution in [0.4, 0.5) is 0 Å². The summed E-state index contributed by atoms with van der Waals surface area (Å²) in [6.45, 7) is 11.1. The van der Waals surface area contributed by atoms with Crippen molar-refractivity contribution in [3.8, 4) is 0 Å². The summed E-state index contributed by atoms with van der Waals surface area (Å²) < 4.78 is 10.8. The SMILES string of the molecule is CCOC(=O)/C=C(\C)[C@H]1CC[C@H]2[C@@H]3CC[C@H]4C[C@@H](OC(C)=O)CC[C@]4(C)[C@H]3CC[C@]12C. The average molecular weight is 431 g/mol. The number of rotatable bonds is 4. The van der Waals surface area contributed by atoms with E-state index in [0.29, 0.717) is 29.3 Å². The molecule has 4 heteroatoms. The second kappa shape index (κ2) is 8.56. The normalized spacial score (nSPS) is 44.6. The summed E-state index contributed by atoms with van der Waals surface area (Å²) in [5.41, 5.74) is 1.94. The van der Waals surface area contributed by atoms with Crippen LogP contribution in [0.25, 0.3) is 0 Å². The molecule has 4 saturated carbocycles. The zero-order valence-electron chi connectivity index (χ0n) is 20.2. The maximum atomic E-state index is 12.1. The molecule has 0 unspecified atom stereocenters. The van der Waals surface area contributed by atoms with Crippen LogP contribution >= 0.6 is 0 Å². The quantitative estimate of drug-likeness (QED) is 0.400. The van der Waals surface area contributed by atoms with Crippen LogP contribution in [-0.2, 0) is 19.1 Å². The summed E-state index contributed by atoms with van der Waals surface area (Å²) in [7, 11) is 0. The molecule has 0 radical (unpaired) electrons. The van der Waals surface area contributed by atoms with Crippen LogP contribution in [0.2, 0.25) is 0 Å². The Balaban J connectivity index is 1.50. The van der Waals surface area contributed by atoms with E-state index < -0.39 is 0 Å². The third-order valence-corrected chi connectivity index (χ3v) is 10.1. The van der Waals surface area contributed by atoms with Crippen LogP contribution < -0.4 is 0 Å². The van der Waals surface area contributed by atoms with Gasteiger partial charge in [-0.2, -0.15) is 0 Å². The molecule has 0 saturated heterocycles. The molecule has 31 heavy (non-hydrogen) atoms. The maximum Gasteiger partial charge on any atom is 0.330 e. The lowest BCUT2D eigenvalue weighted by Crippen LogP contribution is -2.54. The first-order chi connectivity index (χ1) is 14.7. The lowest BCUT2D eigenvalue weighted by molar-refractivity contribution is -0.159. The second-order valence-electron chi connectivity index (χ2n) is 11.5. The Hall–Kier alpha value is -1.32. The largest absolute Gasteiger partial charge is 0.463 e. The van der Waals surface area contributed by atoms with Crippen molar-refractivity contribution < 1.29 is 19.1 Å². The molecule has 0 aromatic heterocycles. The fourth-order valence-corrected chi connectivity index (χ4v) is 8.78. The Morgan fingerprint density at radius 2 is 1.65 bits per heavy atom. The molecular formula is C27H42O4. The van der Waals surface area contributed by atoms with Gasteiger partial charge in [0.1, 0.15) is 6.10 Å². The maximum absolute atomic E-state index is 12.1. The first-order valence-corrected chi connectivity index (χ1v) is 12.7. The van der Waals surface area contributed by atoms with E-state index in [1.807, 2.05) is 6.92 Å². The molecule has 4 aliphatic rings. The van der Waals surface area contributed by atoms with Gasteiger partial charge in [-0.25, -0.2) is 4.79 Å².